The molecule has 8 N–H and O–H groups in total. The first kappa shape index (κ1) is 30.0. The van der Waals surface area contributed by atoms with Gasteiger partial charge in [0.1, 0.15) is 0 Å². The molecule has 0 heterocycles. The molecule has 0 fully saturated rings. The summed E-state index contributed by atoms with van der Waals surface area (Å²) in [5.41, 5.74) is 18.5. The van der Waals surface area contributed by atoms with Gasteiger partial charge in [0.25, 0.3) is 0 Å². The molecule has 4 rings (SSSR count). The molecule has 0 spiro atoms. The minimum Gasteiger partial charge on any atom is -0.399 e. The molecule has 0 bridgehead atoms. The van der Waals surface area contributed by atoms with Crippen molar-refractivity contribution in [2.24, 2.45) is 0 Å². The molecule has 0 aliphatic rings. The van der Waals surface area contributed by atoms with Gasteiger partial charge >= 0.3 is 18.5 Å². The van der Waals surface area contributed by atoms with Gasteiger partial charge in [-0.1, -0.05) is 12.1 Å². The van der Waals surface area contributed by atoms with Crippen molar-refractivity contribution in [3.05, 3.63) is 95.6 Å². The summed E-state index contributed by atoms with van der Waals surface area (Å²) in [4.78, 5) is 0. The standard InChI is InChI=1S/C14H10F6N2.C13H11F3N2/c15-13(16,17)11-3-1-7(21)5-9(11)10-6-8(22)2-4-12(10)14(18,19)20;14-13(15,16)12-5-4-10(18)7-11(12)8-2-1-3-9(17)6-8/h1-6H,21-22H2;1-7H,17-18H2. The van der Waals surface area contributed by atoms with Gasteiger partial charge in [-0.25, -0.2) is 0 Å². The van der Waals surface area contributed by atoms with E-state index in [4.69, 9.17) is 22.9 Å². The molecule has 0 amide bonds. The first-order chi connectivity index (χ1) is 18.4. The Hall–Kier alpha value is -4.55. The van der Waals surface area contributed by atoms with E-state index in [2.05, 4.69) is 0 Å². The Morgan fingerprint density at radius 1 is 0.375 bits per heavy atom. The highest BCUT2D eigenvalue weighted by Crippen LogP contribution is 2.44. The van der Waals surface area contributed by atoms with Crippen molar-refractivity contribution in [3.63, 3.8) is 0 Å². The van der Waals surface area contributed by atoms with E-state index in [0.717, 1.165) is 30.3 Å². The first-order valence-electron chi connectivity index (χ1n) is 11.1. The molecule has 0 atom stereocenters. The molecular weight excluding hydrogens is 551 g/mol. The molecule has 4 nitrogen and oxygen atoms in total. The van der Waals surface area contributed by atoms with Crippen molar-refractivity contribution >= 4 is 22.7 Å². The van der Waals surface area contributed by atoms with Crippen molar-refractivity contribution < 1.29 is 39.5 Å². The summed E-state index contributed by atoms with van der Waals surface area (Å²) in [5.74, 6) is 0. The Morgan fingerprint density at radius 3 is 1.05 bits per heavy atom. The lowest BCUT2D eigenvalue weighted by molar-refractivity contribution is -0.139. The van der Waals surface area contributed by atoms with E-state index in [1.54, 1.807) is 18.2 Å². The first-order valence-corrected chi connectivity index (χ1v) is 11.1. The highest BCUT2D eigenvalue weighted by atomic mass is 19.4. The van der Waals surface area contributed by atoms with E-state index < -0.39 is 46.3 Å². The van der Waals surface area contributed by atoms with Crippen LogP contribution < -0.4 is 22.9 Å². The molecule has 212 valence electrons. The van der Waals surface area contributed by atoms with E-state index in [1.165, 1.54) is 18.2 Å². The fourth-order valence-electron chi connectivity index (χ4n) is 3.82. The molecule has 0 radical (unpaired) electrons. The van der Waals surface area contributed by atoms with Crippen LogP contribution in [0.2, 0.25) is 0 Å². The lowest BCUT2D eigenvalue weighted by Gasteiger charge is -2.18. The van der Waals surface area contributed by atoms with Gasteiger partial charge in [-0.3, -0.25) is 0 Å². The summed E-state index contributed by atoms with van der Waals surface area (Å²) in [7, 11) is 0. The van der Waals surface area contributed by atoms with Gasteiger partial charge in [-0.05, 0) is 89.0 Å². The second-order valence-electron chi connectivity index (χ2n) is 8.53. The van der Waals surface area contributed by atoms with Crippen LogP contribution in [-0.4, -0.2) is 0 Å². The van der Waals surface area contributed by atoms with Crippen molar-refractivity contribution in [3.8, 4) is 22.3 Å². The van der Waals surface area contributed by atoms with Crippen molar-refractivity contribution in [1.29, 1.82) is 0 Å². The van der Waals surface area contributed by atoms with E-state index >= 15 is 0 Å². The van der Waals surface area contributed by atoms with Crippen LogP contribution in [0.1, 0.15) is 16.7 Å². The molecule has 4 aromatic rings. The summed E-state index contributed by atoms with van der Waals surface area (Å²) in [5, 5.41) is 0. The Kier molecular flexibility index (Phi) is 8.18. The van der Waals surface area contributed by atoms with Crippen LogP contribution in [0.4, 0.5) is 62.3 Å². The van der Waals surface area contributed by atoms with Gasteiger partial charge in [-0.15, -0.1) is 0 Å². The SMILES string of the molecule is Nc1ccc(C(F)(F)F)c(-c2cc(N)ccc2C(F)(F)F)c1.Nc1cccc(-c2cc(N)ccc2C(F)(F)F)c1. The van der Waals surface area contributed by atoms with E-state index in [-0.39, 0.29) is 22.6 Å². The minimum absolute atomic E-state index is 0.0369. The van der Waals surface area contributed by atoms with Crippen LogP contribution >= 0.6 is 0 Å². The summed E-state index contributed by atoms with van der Waals surface area (Å²) < 4.78 is 117. The second-order valence-corrected chi connectivity index (χ2v) is 8.53. The van der Waals surface area contributed by atoms with E-state index in [9.17, 15) is 39.5 Å². The summed E-state index contributed by atoms with van der Waals surface area (Å²) in [6.07, 6.45) is -14.1. The van der Waals surface area contributed by atoms with E-state index in [0.29, 0.717) is 23.4 Å². The van der Waals surface area contributed by atoms with Gasteiger partial charge in [0, 0.05) is 22.7 Å². The normalized spacial score (nSPS) is 12.0. The zero-order chi connectivity index (χ0) is 30.0. The maximum absolute atomic E-state index is 13.0. The highest BCUT2D eigenvalue weighted by molar-refractivity contribution is 5.77. The fourth-order valence-corrected chi connectivity index (χ4v) is 3.82. The zero-order valence-electron chi connectivity index (χ0n) is 20.2. The smallest absolute Gasteiger partial charge is 0.399 e. The number of nitrogens with two attached hydrogens (primary N) is 4. The van der Waals surface area contributed by atoms with Gasteiger partial charge in [-0.2, -0.15) is 39.5 Å². The molecule has 0 aliphatic heterocycles. The maximum atomic E-state index is 13.0. The Bertz CT molecular complexity index is 1450. The van der Waals surface area contributed by atoms with Gasteiger partial charge in [0.2, 0.25) is 0 Å². The number of hydrogen-bond acceptors (Lipinski definition) is 4. The number of nitrogen functional groups attached to an aromatic ring is 4. The van der Waals surface area contributed by atoms with Gasteiger partial charge < -0.3 is 22.9 Å². The highest BCUT2D eigenvalue weighted by Gasteiger charge is 2.38. The minimum atomic E-state index is -4.82. The zero-order valence-corrected chi connectivity index (χ0v) is 20.2. The number of anilines is 4. The molecule has 0 aromatic heterocycles. The molecular formula is C27H21F9N4. The summed E-state index contributed by atoms with van der Waals surface area (Å²) in [6, 6.07) is 14.8. The maximum Gasteiger partial charge on any atom is 0.417 e. The molecule has 0 saturated carbocycles. The Balaban J connectivity index is 0.000000225. The van der Waals surface area contributed by atoms with Crippen LogP contribution in [0.3, 0.4) is 0 Å². The number of alkyl halides is 9. The quantitative estimate of drug-likeness (QED) is 0.144. The van der Waals surface area contributed by atoms with Crippen molar-refractivity contribution in [2.45, 2.75) is 18.5 Å². The summed E-state index contributed by atoms with van der Waals surface area (Å²) >= 11 is 0. The average molecular weight is 572 g/mol. The topological polar surface area (TPSA) is 104 Å². The lowest BCUT2D eigenvalue weighted by atomic mass is 9.93. The van der Waals surface area contributed by atoms with Crippen LogP contribution in [-0.2, 0) is 18.5 Å². The second kappa shape index (κ2) is 10.9. The molecule has 0 aliphatic carbocycles. The number of hydrogen-bond donors (Lipinski definition) is 4. The number of benzene rings is 4. The van der Waals surface area contributed by atoms with Crippen LogP contribution in [0, 0.1) is 0 Å². The monoisotopic (exact) mass is 572 g/mol. The average Bonchev–Trinajstić information content (AvgIpc) is 2.82. The largest absolute Gasteiger partial charge is 0.417 e. The van der Waals surface area contributed by atoms with Crippen LogP contribution in [0.15, 0.2) is 78.9 Å². The third-order valence-electron chi connectivity index (χ3n) is 5.53. The predicted octanol–water partition coefficient (Wildman–Crippen LogP) is 8.09. The predicted molar refractivity (Wildman–Crippen MR) is 136 cm³/mol. The number of rotatable bonds is 2. The number of halogens is 9. The molecule has 13 heteroatoms. The Morgan fingerprint density at radius 2 is 0.700 bits per heavy atom. The van der Waals surface area contributed by atoms with Gasteiger partial charge in [0.05, 0.1) is 16.7 Å². The van der Waals surface area contributed by atoms with E-state index in [1.807, 2.05) is 0 Å². The Labute approximate surface area is 222 Å². The molecule has 0 unspecified atom stereocenters. The van der Waals surface area contributed by atoms with Crippen LogP contribution in [0.5, 0.6) is 0 Å². The van der Waals surface area contributed by atoms with Crippen molar-refractivity contribution in [2.75, 3.05) is 22.9 Å². The third kappa shape index (κ3) is 7.10. The third-order valence-corrected chi connectivity index (χ3v) is 5.53. The summed E-state index contributed by atoms with van der Waals surface area (Å²) in [6.45, 7) is 0. The van der Waals surface area contributed by atoms with Crippen LogP contribution in [0.25, 0.3) is 22.3 Å². The van der Waals surface area contributed by atoms with Crippen molar-refractivity contribution in [1.82, 2.24) is 0 Å². The lowest BCUT2D eigenvalue weighted by Crippen LogP contribution is -2.12. The molecule has 4 aromatic carbocycles. The molecule has 40 heavy (non-hydrogen) atoms. The fraction of sp³-hybridized carbons (Fsp3) is 0.111. The molecule has 0 saturated heterocycles. The van der Waals surface area contributed by atoms with Gasteiger partial charge in [0.15, 0.2) is 0 Å².